The minimum atomic E-state index is -0.0225. The third-order valence-corrected chi connectivity index (χ3v) is 5.54. The number of anilines is 1. The lowest BCUT2D eigenvalue weighted by Crippen LogP contribution is -2.53. The van der Waals surface area contributed by atoms with E-state index in [2.05, 4.69) is 9.88 Å². The summed E-state index contributed by atoms with van der Waals surface area (Å²) >= 11 is 1.64. The van der Waals surface area contributed by atoms with E-state index in [1.807, 2.05) is 28.3 Å². The van der Waals surface area contributed by atoms with Gasteiger partial charge in [-0.05, 0) is 12.8 Å². The maximum Gasteiger partial charge on any atom is 0.227 e. The molecular weight excluding hydrogens is 312 g/mol. The van der Waals surface area contributed by atoms with Crippen LogP contribution in [0.5, 0.6) is 0 Å². The first-order chi connectivity index (χ1) is 11.2. The van der Waals surface area contributed by atoms with Gasteiger partial charge in [0.1, 0.15) is 0 Å². The Morgan fingerprint density at radius 2 is 2.00 bits per heavy atom. The quantitative estimate of drug-likeness (QED) is 0.838. The van der Waals surface area contributed by atoms with Gasteiger partial charge in [-0.3, -0.25) is 9.59 Å². The zero-order valence-corrected chi connectivity index (χ0v) is 14.4. The number of aromatic nitrogens is 1. The highest BCUT2D eigenvalue weighted by Crippen LogP contribution is 2.22. The predicted molar refractivity (Wildman–Crippen MR) is 90.5 cm³/mol. The molecular formula is C16H24N4O2S. The average Bonchev–Trinajstić information content (AvgIpc) is 3.15. The fourth-order valence-electron chi connectivity index (χ4n) is 3.38. The summed E-state index contributed by atoms with van der Waals surface area (Å²) < 4.78 is 0. The number of hydrogen-bond donors (Lipinski definition) is 0. The lowest BCUT2D eigenvalue weighted by molar-refractivity contribution is -0.141. The molecule has 1 unspecified atom stereocenters. The lowest BCUT2D eigenvalue weighted by atomic mass is 9.96. The smallest absolute Gasteiger partial charge is 0.227 e. The van der Waals surface area contributed by atoms with Crippen LogP contribution in [0.25, 0.3) is 0 Å². The van der Waals surface area contributed by atoms with E-state index in [0.717, 1.165) is 50.7 Å². The van der Waals surface area contributed by atoms with Gasteiger partial charge in [-0.15, -0.1) is 11.3 Å². The van der Waals surface area contributed by atoms with E-state index < -0.39 is 0 Å². The summed E-state index contributed by atoms with van der Waals surface area (Å²) in [4.78, 5) is 35.0. The number of amides is 2. The summed E-state index contributed by atoms with van der Waals surface area (Å²) in [6, 6.07) is 0. The van der Waals surface area contributed by atoms with E-state index in [4.69, 9.17) is 0 Å². The van der Waals surface area contributed by atoms with Crippen molar-refractivity contribution in [2.75, 3.05) is 44.2 Å². The second kappa shape index (κ2) is 7.29. The molecule has 0 radical (unpaired) electrons. The largest absolute Gasteiger partial charge is 0.345 e. The number of piperidine rings is 1. The number of hydrogen-bond acceptors (Lipinski definition) is 5. The molecule has 6 nitrogen and oxygen atoms in total. The Kier molecular flexibility index (Phi) is 5.15. The molecule has 0 spiro atoms. The number of carbonyl (C=O) groups is 2. The van der Waals surface area contributed by atoms with E-state index in [0.29, 0.717) is 13.0 Å². The molecule has 23 heavy (non-hydrogen) atoms. The molecule has 0 bridgehead atoms. The van der Waals surface area contributed by atoms with Crippen LogP contribution in [0, 0.1) is 5.92 Å². The highest BCUT2D eigenvalue weighted by Gasteiger charge is 2.32. The molecule has 1 atom stereocenters. The number of likely N-dealkylation sites (tertiary alicyclic amines) is 1. The zero-order chi connectivity index (χ0) is 16.2. The first-order valence-corrected chi connectivity index (χ1v) is 9.28. The summed E-state index contributed by atoms with van der Waals surface area (Å²) in [5.41, 5.74) is 0. The normalized spacial score (nSPS) is 22.3. The van der Waals surface area contributed by atoms with Crippen LogP contribution >= 0.6 is 11.3 Å². The van der Waals surface area contributed by atoms with Crippen LogP contribution in [-0.4, -0.2) is 65.9 Å². The van der Waals surface area contributed by atoms with E-state index in [1.165, 1.54) is 0 Å². The van der Waals surface area contributed by atoms with Crippen LogP contribution in [0.1, 0.15) is 26.2 Å². The van der Waals surface area contributed by atoms with Crippen molar-refractivity contribution in [1.82, 2.24) is 14.8 Å². The SMILES string of the molecule is CCC(=O)N1CCCC(C(=O)N2CCN(c3nccs3)CC2)C1. The molecule has 2 saturated heterocycles. The van der Waals surface area contributed by atoms with E-state index in [-0.39, 0.29) is 17.7 Å². The molecule has 2 aliphatic rings. The van der Waals surface area contributed by atoms with Gasteiger partial charge in [0.2, 0.25) is 11.8 Å². The van der Waals surface area contributed by atoms with Crippen LogP contribution < -0.4 is 4.90 Å². The number of thiazole rings is 1. The Morgan fingerprint density at radius 1 is 1.22 bits per heavy atom. The molecule has 3 heterocycles. The van der Waals surface area contributed by atoms with Gasteiger partial charge in [0.05, 0.1) is 5.92 Å². The monoisotopic (exact) mass is 336 g/mol. The number of nitrogens with zero attached hydrogens (tertiary/aromatic N) is 4. The van der Waals surface area contributed by atoms with E-state index >= 15 is 0 Å². The van der Waals surface area contributed by atoms with Crippen molar-refractivity contribution in [1.29, 1.82) is 0 Å². The van der Waals surface area contributed by atoms with Crippen molar-refractivity contribution in [3.05, 3.63) is 11.6 Å². The van der Waals surface area contributed by atoms with Gasteiger partial charge in [0.25, 0.3) is 0 Å². The van der Waals surface area contributed by atoms with Crippen LogP contribution in [0.15, 0.2) is 11.6 Å². The Morgan fingerprint density at radius 3 is 2.65 bits per heavy atom. The van der Waals surface area contributed by atoms with Crippen LogP contribution in [0.4, 0.5) is 5.13 Å². The van der Waals surface area contributed by atoms with Crippen molar-refractivity contribution >= 4 is 28.3 Å². The summed E-state index contributed by atoms with van der Waals surface area (Å²) in [6.07, 6.45) is 4.17. The van der Waals surface area contributed by atoms with Gasteiger partial charge in [-0.1, -0.05) is 6.92 Å². The number of rotatable bonds is 3. The second-order valence-corrected chi connectivity index (χ2v) is 7.03. The molecule has 1 aromatic heterocycles. The zero-order valence-electron chi connectivity index (χ0n) is 13.6. The third kappa shape index (κ3) is 3.65. The maximum absolute atomic E-state index is 12.8. The minimum absolute atomic E-state index is 0.0225. The predicted octanol–water partition coefficient (Wildman–Crippen LogP) is 1.44. The number of piperazine rings is 1. The molecule has 7 heteroatoms. The summed E-state index contributed by atoms with van der Waals surface area (Å²) in [5, 5.41) is 3.02. The fraction of sp³-hybridized carbons (Fsp3) is 0.688. The van der Waals surface area contributed by atoms with Crippen molar-refractivity contribution in [3.8, 4) is 0 Å². The van der Waals surface area contributed by atoms with Gasteiger partial charge < -0.3 is 14.7 Å². The summed E-state index contributed by atoms with van der Waals surface area (Å²) in [6.45, 7) is 6.44. The van der Waals surface area contributed by atoms with Gasteiger partial charge >= 0.3 is 0 Å². The molecule has 0 aromatic carbocycles. The van der Waals surface area contributed by atoms with Crippen molar-refractivity contribution in [2.24, 2.45) is 5.92 Å². The molecule has 0 saturated carbocycles. The minimum Gasteiger partial charge on any atom is -0.345 e. The molecule has 2 fully saturated rings. The third-order valence-electron chi connectivity index (χ3n) is 4.71. The van der Waals surface area contributed by atoms with E-state index in [1.54, 1.807) is 11.3 Å². The van der Waals surface area contributed by atoms with Gasteiger partial charge in [-0.2, -0.15) is 0 Å². The molecule has 126 valence electrons. The Balaban J connectivity index is 1.53. The highest BCUT2D eigenvalue weighted by molar-refractivity contribution is 7.13. The molecule has 2 aliphatic heterocycles. The fourth-order valence-corrected chi connectivity index (χ4v) is 4.07. The molecule has 3 rings (SSSR count). The summed E-state index contributed by atoms with van der Waals surface area (Å²) in [5.74, 6) is 0.360. The van der Waals surface area contributed by atoms with E-state index in [9.17, 15) is 9.59 Å². The van der Waals surface area contributed by atoms with Crippen molar-refractivity contribution in [2.45, 2.75) is 26.2 Å². The van der Waals surface area contributed by atoms with Crippen molar-refractivity contribution in [3.63, 3.8) is 0 Å². The molecule has 0 aliphatic carbocycles. The molecule has 0 N–H and O–H groups in total. The molecule has 2 amide bonds. The average molecular weight is 336 g/mol. The first kappa shape index (κ1) is 16.2. The van der Waals surface area contributed by atoms with Gasteiger partial charge in [0, 0.05) is 57.3 Å². The number of carbonyl (C=O) groups excluding carboxylic acids is 2. The maximum atomic E-state index is 12.8. The van der Waals surface area contributed by atoms with Crippen LogP contribution in [-0.2, 0) is 9.59 Å². The standard InChI is InChI=1S/C16H24N4O2S/c1-2-14(21)20-6-3-4-13(12-20)15(22)18-7-9-19(10-8-18)16-17-5-11-23-16/h5,11,13H,2-4,6-10,12H2,1H3. The Hall–Kier alpha value is -1.63. The first-order valence-electron chi connectivity index (χ1n) is 8.40. The topological polar surface area (TPSA) is 56.8 Å². The van der Waals surface area contributed by atoms with Gasteiger partial charge in [0.15, 0.2) is 5.13 Å². The van der Waals surface area contributed by atoms with Crippen LogP contribution in [0.3, 0.4) is 0 Å². The Labute approximate surface area is 141 Å². The summed E-state index contributed by atoms with van der Waals surface area (Å²) in [7, 11) is 0. The Bertz CT molecular complexity index is 540. The molecule has 1 aromatic rings. The lowest BCUT2D eigenvalue weighted by Gasteiger charge is -2.39. The van der Waals surface area contributed by atoms with Crippen molar-refractivity contribution < 1.29 is 9.59 Å². The van der Waals surface area contributed by atoms with Crippen LogP contribution in [0.2, 0.25) is 0 Å². The highest BCUT2D eigenvalue weighted by atomic mass is 32.1. The second-order valence-electron chi connectivity index (χ2n) is 6.16. The van der Waals surface area contributed by atoms with Gasteiger partial charge in [-0.25, -0.2) is 4.98 Å².